The number of piperidine rings is 1. The minimum Gasteiger partial charge on any atom is -0.378 e. The van der Waals surface area contributed by atoms with E-state index in [1.807, 2.05) is 12.1 Å². The number of carbonyl (C=O) groups is 1. The number of fused-ring (bicyclic) bond motifs is 2. The highest BCUT2D eigenvalue weighted by atomic mass is 35.5. The van der Waals surface area contributed by atoms with Crippen LogP contribution in [-0.2, 0) is 23.2 Å². The molecule has 0 bridgehead atoms. The number of halogens is 2. The molecule has 0 atom stereocenters. The zero-order valence-corrected chi connectivity index (χ0v) is 22.0. The molecule has 2 aliphatic heterocycles. The summed E-state index contributed by atoms with van der Waals surface area (Å²) in [7, 11) is -4.50. The number of benzene rings is 3. The minimum absolute atomic E-state index is 0.0311. The van der Waals surface area contributed by atoms with Gasteiger partial charge in [0.05, 0.1) is 5.56 Å². The molecule has 0 unspecified atom stereocenters. The third-order valence-electron chi connectivity index (χ3n) is 7.12. The molecule has 1 fully saturated rings. The molecule has 6 rings (SSSR count). The SMILES string of the molecule is O=C1NCc2c(OS(=O)(=O)c3ccc(Cl)cc3F)ccc(-c3cc4cc(CN5CCCCC5)ccc4[nH]3)c21. The van der Waals surface area contributed by atoms with E-state index in [1.54, 1.807) is 6.07 Å². The first-order valence-electron chi connectivity index (χ1n) is 12.5. The molecule has 7 nitrogen and oxygen atoms in total. The molecule has 2 aliphatic rings. The number of nitrogens with zero attached hydrogens (tertiary/aromatic N) is 1. The van der Waals surface area contributed by atoms with Crippen LogP contribution in [0.5, 0.6) is 5.75 Å². The molecule has 0 saturated carbocycles. The van der Waals surface area contributed by atoms with Crippen LogP contribution in [0.25, 0.3) is 22.2 Å². The summed E-state index contributed by atoms with van der Waals surface area (Å²) in [6, 6.07) is 14.7. The molecule has 3 aromatic carbocycles. The Morgan fingerprint density at radius 3 is 2.61 bits per heavy atom. The van der Waals surface area contributed by atoms with Crippen molar-refractivity contribution in [2.75, 3.05) is 13.1 Å². The van der Waals surface area contributed by atoms with Crippen molar-refractivity contribution in [2.45, 2.75) is 37.2 Å². The molecule has 4 aromatic rings. The summed E-state index contributed by atoms with van der Waals surface area (Å²) in [5, 5.41) is 3.84. The monoisotopic (exact) mass is 553 g/mol. The predicted octanol–water partition coefficient (Wildman–Crippen LogP) is 5.62. The van der Waals surface area contributed by atoms with Crippen molar-refractivity contribution in [1.82, 2.24) is 15.2 Å². The fourth-order valence-corrected chi connectivity index (χ4v) is 6.44. The van der Waals surface area contributed by atoms with E-state index in [-0.39, 0.29) is 23.2 Å². The number of amides is 1. The number of rotatable bonds is 6. The first-order chi connectivity index (χ1) is 18.3. The Balaban J connectivity index is 1.33. The molecule has 1 aromatic heterocycles. The van der Waals surface area contributed by atoms with Crippen LogP contribution in [0.2, 0.25) is 5.02 Å². The average Bonchev–Trinajstić information content (AvgIpc) is 3.48. The second-order valence-corrected chi connectivity index (χ2v) is 11.7. The third kappa shape index (κ3) is 4.66. The summed E-state index contributed by atoms with van der Waals surface area (Å²) in [5.74, 6) is -1.38. The lowest BCUT2D eigenvalue weighted by atomic mass is 9.99. The van der Waals surface area contributed by atoms with Gasteiger partial charge in [-0.3, -0.25) is 9.69 Å². The molecule has 2 N–H and O–H groups in total. The highest BCUT2D eigenvalue weighted by Gasteiger charge is 2.30. The van der Waals surface area contributed by atoms with Crippen molar-refractivity contribution in [1.29, 1.82) is 0 Å². The maximum atomic E-state index is 14.3. The van der Waals surface area contributed by atoms with Crippen LogP contribution >= 0.6 is 11.6 Å². The maximum Gasteiger partial charge on any atom is 0.342 e. The Hall–Kier alpha value is -3.40. The van der Waals surface area contributed by atoms with Gasteiger partial charge in [0.1, 0.15) is 16.5 Å². The smallest absolute Gasteiger partial charge is 0.342 e. The van der Waals surface area contributed by atoms with Gasteiger partial charge >= 0.3 is 10.1 Å². The lowest BCUT2D eigenvalue weighted by Crippen LogP contribution is -2.28. The van der Waals surface area contributed by atoms with Crippen LogP contribution in [0.1, 0.15) is 40.7 Å². The van der Waals surface area contributed by atoms with Crippen LogP contribution in [0.4, 0.5) is 4.39 Å². The van der Waals surface area contributed by atoms with E-state index in [2.05, 4.69) is 27.3 Å². The fraction of sp³-hybridized carbons (Fsp3) is 0.250. The summed E-state index contributed by atoms with van der Waals surface area (Å²) in [5.41, 5.74) is 4.27. The van der Waals surface area contributed by atoms with Gasteiger partial charge in [-0.25, -0.2) is 4.39 Å². The third-order valence-corrected chi connectivity index (χ3v) is 8.62. The molecule has 0 radical (unpaired) electrons. The molecule has 1 amide bonds. The lowest BCUT2D eigenvalue weighted by molar-refractivity contribution is 0.0966. The van der Waals surface area contributed by atoms with Crippen molar-refractivity contribution in [2.24, 2.45) is 0 Å². The van der Waals surface area contributed by atoms with E-state index in [4.69, 9.17) is 15.8 Å². The van der Waals surface area contributed by atoms with Gasteiger partial charge in [0.2, 0.25) is 0 Å². The van der Waals surface area contributed by atoms with Crippen molar-refractivity contribution in [3.05, 3.63) is 82.1 Å². The van der Waals surface area contributed by atoms with Crippen molar-refractivity contribution in [3.8, 4) is 17.0 Å². The Morgan fingerprint density at radius 2 is 1.82 bits per heavy atom. The zero-order valence-electron chi connectivity index (χ0n) is 20.4. The number of aromatic nitrogens is 1. The topological polar surface area (TPSA) is 91.5 Å². The molecule has 10 heteroatoms. The number of carbonyl (C=O) groups excluding carboxylic acids is 1. The molecule has 38 heavy (non-hydrogen) atoms. The second-order valence-electron chi connectivity index (χ2n) is 9.70. The Labute approximate surface area is 224 Å². The van der Waals surface area contributed by atoms with Gasteiger partial charge in [0.25, 0.3) is 5.91 Å². The highest BCUT2D eigenvalue weighted by Crippen LogP contribution is 2.37. The van der Waals surface area contributed by atoms with E-state index in [9.17, 15) is 17.6 Å². The number of likely N-dealkylation sites (tertiary alicyclic amines) is 1. The molecule has 196 valence electrons. The van der Waals surface area contributed by atoms with Gasteiger partial charge in [0.15, 0.2) is 0 Å². The van der Waals surface area contributed by atoms with Gasteiger partial charge in [-0.05, 0) is 80.0 Å². The van der Waals surface area contributed by atoms with E-state index in [0.717, 1.165) is 48.4 Å². The van der Waals surface area contributed by atoms with Gasteiger partial charge in [-0.1, -0.05) is 24.1 Å². The van der Waals surface area contributed by atoms with E-state index >= 15 is 0 Å². The first-order valence-corrected chi connectivity index (χ1v) is 14.2. The minimum atomic E-state index is -4.50. The summed E-state index contributed by atoms with van der Waals surface area (Å²) < 4.78 is 45.3. The largest absolute Gasteiger partial charge is 0.378 e. The Bertz CT molecular complexity index is 1680. The van der Waals surface area contributed by atoms with E-state index in [1.165, 1.54) is 37.0 Å². The number of hydrogen-bond acceptors (Lipinski definition) is 5. The first kappa shape index (κ1) is 24.9. The number of H-pyrrole nitrogens is 1. The van der Waals surface area contributed by atoms with Crippen molar-refractivity contribution >= 4 is 38.5 Å². The quantitative estimate of drug-likeness (QED) is 0.302. The summed E-state index contributed by atoms with van der Waals surface area (Å²) in [6.45, 7) is 3.23. The highest BCUT2D eigenvalue weighted by molar-refractivity contribution is 7.87. The number of nitrogens with one attached hydrogen (secondary N) is 2. The van der Waals surface area contributed by atoms with Crippen LogP contribution in [-0.4, -0.2) is 37.3 Å². The Kier molecular flexibility index (Phi) is 6.37. The van der Waals surface area contributed by atoms with Gasteiger partial charge in [0, 0.05) is 45.8 Å². The maximum absolute atomic E-state index is 14.3. The molecule has 1 saturated heterocycles. The van der Waals surface area contributed by atoms with Gasteiger partial charge in [-0.15, -0.1) is 0 Å². The Morgan fingerprint density at radius 1 is 1.00 bits per heavy atom. The summed E-state index contributed by atoms with van der Waals surface area (Å²) >= 11 is 5.75. The summed E-state index contributed by atoms with van der Waals surface area (Å²) in [6.07, 6.45) is 3.77. The van der Waals surface area contributed by atoms with Crippen LogP contribution in [0.3, 0.4) is 0 Å². The molecule has 3 heterocycles. The molecular weight excluding hydrogens is 529 g/mol. The van der Waals surface area contributed by atoms with Crippen LogP contribution in [0, 0.1) is 5.82 Å². The van der Waals surface area contributed by atoms with Gasteiger partial charge < -0.3 is 14.5 Å². The number of aromatic amines is 1. The van der Waals surface area contributed by atoms with Crippen LogP contribution < -0.4 is 9.50 Å². The zero-order chi connectivity index (χ0) is 26.4. The normalized spacial score (nSPS) is 16.0. The molecule has 0 spiro atoms. The van der Waals surface area contributed by atoms with E-state index < -0.39 is 20.8 Å². The van der Waals surface area contributed by atoms with Crippen molar-refractivity contribution < 1.29 is 21.8 Å². The fourth-order valence-electron chi connectivity index (χ4n) is 5.27. The predicted molar refractivity (Wildman–Crippen MR) is 143 cm³/mol. The van der Waals surface area contributed by atoms with Crippen molar-refractivity contribution in [3.63, 3.8) is 0 Å². The average molecular weight is 554 g/mol. The lowest BCUT2D eigenvalue weighted by Gasteiger charge is -2.26. The molecule has 0 aliphatic carbocycles. The van der Waals surface area contributed by atoms with E-state index in [0.29, 0.717) is 16.7 Å². The van der Waals surface area contributed by atoms with Gasteiger partial charge in [-0.2, -0.15) is 8.42 Å². The van der Waals surface area contributed by atoms with Crippen LogP contribution in [0.15, 0.2) is 59.5 Å². The second kappa shape index (κ2) is 9.72. The summed E-state index contributed by atoms with van der Waals surface area (Å²) in [4.78, 5) is 18.0. The molecular formula is C28H25ClFN3O4S. The number of hydrogen-bond donors (Lipinski definition) is 2. The standard InChI is InChI=1S/C28H25ClFN3O4S/c29-19-5-9-26(22(30)14-19)38(35,36)37-25-8-6-20(27-21(25)15-31-28(27)34)24-13-18-12-17(4-7-23(18)32-24)16-33-10-2-1-3-11-33/h4-9,12-14,32H,1-3,10-11,15-16H2,(H,31,34).